The lowest BCUT2D eigenvalue weighted by atomic mass is 9.86. The molecule has 2 rings (SSSR count). The van der Waals surface area contributed by atoms with E-state index in [0.29, 0.717) is 29.2 Å². The maximum absolute atomic E-state index is 12.1. The summed E-state index contributed by atoms with van der Waals surface area (Å²) in [6.07, 6.45) is 4.16. The third-order valence-electron chi connectivity index (χ3n) is 4.24. The number of aliphatic hydroxyl groups is 1. The van der Waals surface area contributed by atoms with E-state index in [4.69, 9.17) is 16.7 Å². The predicted octanol–water partition coefficient (Wildman–Crippen LogP) is 2.76. The van der Waals surface area contributed by atoms with Gasteiger partial charge in [0.25, 0.3) is 0 Å². The van der Waals surface area contributed by atoms with Gasteiger partial charge in [-0.1, -0.05) is 23.7 Å². The molecule has 1 aromatic carbocycles. The summed E-state index contributed by atoms with van der Waals surface area (Å²) < 4.78 is 0. The molecule has 116 valence electrons. The molecule has 1 aliphatic carbocycles. The van der Waals surface area contributed by atoms with Crippen LogP contribution in [0.25, 0.3) is 0 Å². The van der Waals surface area contributed by atoms with Crippen molar-refractivity contribution < 1.29 is 9.90 Å². The highest BCUT2D eigenvalue weighted by molar-refractivity contribution is 6.33. The molecule has 0 saturated heterocycles. The summed E-state index contributed by atoms with van der Waals surface area (Å²) in [5, 5.41) is 12.6. The topological polar surface area (TPSA) is 52.6 Å². The van der Waals surface area contributed by atoms with Crippen LogP contribution < -0.4 is 5.32 Å². The van der Waals surface area contributed by atoms with E-state index in [1.165, 1.54) is 0 Å². The molecule has 1 aromatic rings. The number of hydrogen-bond donors (Lipinski definition) is 2. The molecular weight excluding hydrogens is 288 g/mol. The fourth-order valence-electron chi connectivity index (χ4n) is 2.88. The standard InChI is InChI=1S/C16H23ClN2O2/c1-19(13-8-6-12(11-20)7-9-13)10-16(21)18-15-5-3-2-4-14(15)17/h2-5,12-13,20H,6-11H2,1H3,(H,18,21). The maximum atomic E-state index is 12.1. The monoisotopic (exact) mass is 310 g/mol. The highest BCUT2D eigenvalue weighted by Gasteiger charge is 2.24. The number of hydrogen-bond acceptors (Lipinski definition) is 3. The summed E-state index contributed by atoms with van der Waals surface area (Å²) in [6, 6.07) is 7.67. The average Bonchev–Trinajstić information content (AvgIpc) is 2.49. The van der Waals surface area contributed by atoms with E-state index in [0.717, 1.165) is 25.7 Å². The Morgan fingerprint density at radius 3 is 2.62 bits per heavy atom. The van der Waals surface area contributed by atoms with Crippen molar-refractivity contribution in [2.24, 2.45) is 5.92 Å². The number of benzene rings is 1. The first kappa shape index (κ1) is 16.3. The zero-order valence-electron chi connectivity index (χ0n) is 12.4. The molecule has 0 spiro atoms. The second-order valence-corrected chi connectivity index (χ2v) is 6.21. The summed E-state index contributed by atoms with van der Waals surface area (Å²) in [5.41, 5.74) is 0.654. The Kier molecular flexibility index (Phi) is 6.03. The number of carbonyl (C=O) groups excluding carboxylic acids is 1. The lowest BCUT2D eigenvalue weighted by Crippen LogP contribution is -2.40. The van der Waals surface area contributed by atoms with Gasteiger partial charge in [-0.3, -0.25) is 9.69 Å². The van der Waals surface area contributed by atoms with Crippen molar-refractivity contribution in [3.05, 3.63) is 29.3 Å². The summed E-state index contributed by atoms with van der Waals surface area (Å²) >= 11 is 6.03. The Bertz CT molecular complexity index is 473. The van der Waals surface area contributed by atoms with E-state index in [-0.39, 0.29) is 12.5 Å². The van der Waals surface area contributed by atoms with Crippen LogP contribution >= 0.6 is 11.6 Å². The number of carbonyl (C=O) groups is 1. The number of amides is 1. The summed E-state index contributed by atoms with van der Waals surface area (Å²) in [6.45, 7) is 0.642. The van der Waals surface area contributed by atoms with Crippen molar-refractivity contribution in [3.63, 3.8) is 0 Å². The van der Waals surface area contributed by atoms with Gasteiger partial charge in [0.2, 0.25) is 5.91 Å². The van der Waals surface area contributed by atoms with Gasteiger partial charge in [0.05, 0.1) is 17.3 Å². The minimum Gasteiger partial charge on any atom is -0.396 e. The van der Waals surface area contributed by atoms with Gasteiger partial charge in [-0.05, 0) is 50.8 Å². The molecule has 0 aromatic heterocycles. The largest absolute Gasteiger partial charge is 0.396 e. The van der Waals surface area contributed by atoms with Crippen molar-refractivity contribution in [1.82, 2.24) is 4.90 Å². The van der Waals surface area contributed by atoms with E-state index in [1.54, 1.807) is 12.1 Å². The Morgan fingerprint density at radius 2 is 2.00 bits per heavy atom. The van der Waals surface area contributed by atoms with Gasteiger partial charge in [-0.2, -0.15) is 0 Å². The lowest BCUT2D eigenvalue weighted by molar-refractivity contribution is -0.117. The van der Waals surface area contributed by atoms with Gasteiger partial charge in [0.15, 0.2) is 0 Å². The number of nitrogens with zero attached hydrogens (tertiary/aromatic N) is 1. The van der Waals surface area contributed by atoms with E-state index in [1.807, 2.05) is 19.2 Å². The van der Waals surface area contributed by atoms with Crippen LogP contribution in [-0.2, 0) is 4.79 Å². The molecule has 1 fully saturated rings. The van der Waals surface area contributed by atoms with Gasteiger partial charge < -0.3 is 10.4 Å². The number of aliphatic hydroxyl groups excluding tert-OH is 1. The zero-order valence-corrected chi connectivity index (χ0v) is 13.1. The minimum atomic E-state index is -0.0464. The highest BCUT2D eigenvalue weighted by Crippen LogP contribution is 2.26. The number of nitrogens with one attached hydrogen (secondary N) is 1. The molecule has 4 nitrogen and oxygen atoms in total. The molecule has 0 atom stereocenters. The van der Waals surface area contributed by atoms with Gasteiger partial charge in [0.1, 0.15) is 0 Å². The van der Waals surface area contributed by atoms with Crippen LogP contribution in [0.3, 0.4) is 0 Å². The molecule has 0 aliphatic heterocycles. The van der Waals surface area contributed by atoms with Gasteiger partial charge >= 0.3 is 0 Å². The number of para-hydroxylation sites is 1. The van der Waals surface area contributed by atoms with Crippen LogP contribution in [0.5, 0.6) is 0 Å². The smallest absolute Gasteiger partial charge is 0.238 e. The first-order valence-corrected chi connectivity index (χ1v) is 7.83. The maximum Gasteiger partial charge on any atom is 0.238 e. The van der Waals surface area contributed by atoms with Crippen LogP contribution in [0.2, 0.25) is 5.02 Å². The van der Waals surface area contributed by atoms with Crippen molar-refractivity contribution in [2.75, 3.05) is 25.5 Å². The number of anilines is 1. The SMILES string of the molecule is CN(CC(=O)Nc1ccccc1Cl)C1CCC(CO)CC1. The zero-order chi connectivity index (χ0) is 15.2. The molecular formula is C16H23ClN2O2. The number of rotatable bonds is 5. The molecule has 1 aliphatic rings. The quantitative estimate of drug-likeness (QED) is 0.879. The van der Waals surface area contributed by atoms with E-state index in [9.17, 15) is 4.79 Å². The van der Waals surface area contributed by atoms with Gasteiger partial charge in [-0.15, -0.1) is 0 Å². The number of halogens is 1. The van der Waals surface area contributed by atoms with Crippen molar-refractivity contribution >= 4 is 23.2 Å². The molecule has 0 unspecified atom stereocenters. The summed E-state index contributed by atoms with van der Waals surface area (Å²) in [4.78, 5) is 14.2. The Labute approximate surface area is 131 Å². The molecule has 1 amide bonds. The van der Waals surface area contributed by atoms with Gasteiger partial charge in [0, 0.05) is 12.6 Å². The number of likely N-dealkylation sites (N-methyl/N-ethyl adjacent to an activating group) is 1. The normalized spacial score (nSPS) is 22.3. The van der Waals surface area contributed by atoms with E-state index >= 15 is 0 Å². The Hall–Kier alpha value is -1.10. The molecule has 1 saturated carbocycles. The van der Waals surface area contributed by atoms with Gasteiger partial charge in [-0.25, -0.2) is 0 Å². The molecule has 0 bridgehead atoms. The van der Waals surface area contributed by atoms with E-state index in [2.05, 4.69) is 10.2 Å². The Balaban J connectivity index is 1.81. The molecule has 5 heteroatoms. The van der Waals surface area contributed by atoms with Crippen molar-refractivity contribution in [3.8, 4) is 0 Å². The van der Waals surface area contributed by atoms with Crippen LogP contribution in [0.4, 0.5) is 5.69 Å². The second-order valence-electron chi connectivity index (χ2n) is 5.80. The average molecular weight is 311 g/mol. The first-order valence-electron chi connectivity index (χ1n) is 7.45. The third-order valence-corrected chi connectivity index (χ3v) is 4.57. The highest BCUT2D eigenvalue weighted by atomic mass is 35.5. The second kappa shape index (κ2) is 7.78. The van der Waals surface area contributed by atoms with Crippen molar-refractivity contribution in [1.29, 1.82) is 0 Å². The van der Waals surface area contributed by atoms with Crippen LogP contribution in [0.15, 0.2) is 24.3 Å². The van der Waals surface area contributed by atoms with Crippen LogP contribution in [0, 0.1) is 5.92 Å². The third kappa shape index (κ3) is 4.70. The lowest BCUT2D eigenvalue weighted by Gasteiger charge is -2.33. The van der Waals surface area contributed by atoms with Crippen LogP contribution in [-0.4, -0.2) is 42.2 Å². The molecule has 0 radical (unpaired) electrons. The Morgan fingerprint density at radius 1 is 1.33 bits per heavy atom. The molecule has 2 N–H and O–H groups in total. The fraction of sp³-hybridized carbons (Fsp3) is 0.562. The first-order chi connectivity index (χ1) is 10.1. The summed E-state index contributed by atoms with van der Waals surface area (Å²) in [5.74, 6) is 0.390. The van der Waals surface area contributed by atoms with Crippen molar-refractivity contribution in [2.45, 2.75) is 31.7 Å². The van der Waals surface area contributed by atoms with Crippen LogP contribution in [0.1, 0.15) is 25.7 Å². The fourth-order valence-corrected chi connectivity index (χ4v) is 3.06. The minimum absolute atomic E-state index is 0.0464. The summed E-state index contributed by atoms with van der Waals surface area (Å²) in [7, 11) is 1.98. The molecule has 0 heterocycles. The molecule has 21 heavy (non-hydrogen) atoms. The predicted molar refractivity (Wildman–Crippen MR) is 85.5 cm³/mol. The van der Waals surface area contributed by atoms with E-state index < -0.39 is 0 Å².